The molecule has 1 aliphatic carbocycles. The lowest BCUT2D eigenvalue weighted by molar-refractivity contribution is 0.207. The predicted molar refractivity (Wildman–Crippen MR) is 73.3 cm³/mol. The summed E-state index contributed by atoms with van der Waals surface area (Å²) in [5, 5.41) is 0. The third kappa shape index (κ3) is 2.50. The molecule has 0 unspecified atom stereocenters. The van der Waals surface area contributed by atoms with Crippen molar-refractivity contribution >= 4 is 15.2 Å². The van der Waals surface area contributed by atoms with Gasteiger partial charge in [-0.2, -0.15) is 0 Å². The van der Waals surface area contributed by atoms with Crippen molar-refractivity contribution in [2.45, 2.75) is 38.4 Å². The minimum atomic E-state index is -1.44. The summed E-state index contributed by atoms with van der Waals surface area (Å²) >= 11 is 0. The molecule has 0 aromatic heterocycles. The highest BCUT2D eigenvalue weighted by Gasteiger charge is 2.52. The maximum absolute atomic E-state index is 5.81. The van der Waals surface area contributed by atoms with E-state index in [1.54, 1.807) is 0 Å². The van der Waals surface area contributed by atoms with Crippen molar-refractivity contribution in [2.24, 2.45) is 0 Å². The molecule has 0 radical (unpaired) electrons. The highest BCUT2D eigenvalue weighted by atomic mass is 28.3. The summed E-state index contributed by atoms with van der Waals surface area (Å²) in [6, 6.07) is 0. The first-order valence-electron chi connectivity index (χ1n) is 6.08. The molecule has 2 nitrogen and oxygen atoms in total. The molecule has 4 heteroatoms. The molecular weight excluding hydrogens is 215 g/mol. The third-order valence-electron chi connectivity index (χ3n) is 3.18. The molecule has 0 saturated carbocycles. The molecule has 0 spiro atoms. The van der Waals surface area contributed by atoms with Crippen LogP contribution in [0.1, 0.15) is 13.8 Å². The van der Waals surface area contributed by atoms with Gasteiger partial charge in [-0.15, -0.1) is 0 Å². The van der Waals surface area contributed by atoms with Crippen LogP contribution < -0.4 is 0 Å². The van der Waals surface area contributed by atoms with Crippen LogP contribution in [0.25, 0.3) is 0 Å². The standard InChI is InChI=1S/C12H23BO2Si/c1-6-14-13(15-7-2)12(16(3,4)5)10-8-9-11-12/h8-11H,6-7H2,1-5H3. The number of hydrogen-bond acceptors (Lipinski definition) is 2. The smallest absolute Gasteiger partial charge is 0.411 e. The third-order valence-corrected chi connectivity index (χ3v) is 6.35. The Balaban J connectivity index is 3.00. The van der Waals surface area contributed by atoms with Crippen LogP contribution in [0, 0.1) is 0 Å². The Morgan fingerprint density at radius 3 is 1.75 bits per heavy atom. The Bertz CT molecular complexity index is 263. The molecule has 1 aliphatic rings. The largest absolute Gasteiger partial charge is 0.468 e. The Morgan fingerprint density at radius 2 is 1.44 bits per heavy atom. The highest BCUT2D eigenvalue weighted by Crippen LogP contribution is 2.46. The molecule has 0 atom stereocenters. The van der Waals surface area contributed by atoms with Crippen molar-refractivity contribution in [3.05, 3.63) is 24.3 Å². The molecule has 0 bridgehead atoms. The van der Waals surface area contributed by atoms with E-state index in [1.165, 1.54) is 0 Å². The van der Waals surface area contributed by atoms with E-state index in [0.717, 1.165) is 0 Å². The average Bonchev–Trinajstić information content (AvgIpc) is 2.66. The monoisotopic (exact) mass is 238 g/mol. The molecule has 16 heavy (non-hydrogen) atoms. The number of allylic oxidation sites excluding steroid dienone is 4. The Kier molecular flexibility index (Phi) is 4.59. The second kappa shape index (κ2) is 5.34. The first kappa shape index (κ1) is 13.7. The Morgan fingerprint density at radius 1 is 1.00 bits per heavy atom. The van der Waals surface area contributed by atoms with Gasteiger partial charge in [-0.25, -0.2) is 0 Å². The molecule has 90 valence electrons. The Hall–Kier alpha value is -0.318. The molecule has 0 aromatic rings. The van der Waals surface area contributed by atoms with Gasteiger partial charge in [0.1, 0.15) is 0 Å². The summed E-state index contributed by atoms with van der Waals surface area (Å²) in [6.45, 7) is 12.5. The van der Waals surface area contributed by atoms with E-state index in [-0.39, 0.29) is 12.1 Å². The summed E-state index contributed by atoms with van der Waals surface area (Å²) < 4.78 is 11.6. The zero-order valence-electron chi connectivity index (χ0n) is 11.1. The van der Waals surface area contributed by atoms with E-state index in [1.807, 2.05) is 13.8 Å². The second-order valence-corrected chi connectivity index (χ2v) is 10.5. The van der Waals surface area contributed by atoms with Gasteiger partial charge in [-0.1, -0.05) is 43.9 Å². The van der Waals surface area contributed by atoms with E-state index < -0.39 is 8.07 Å². The molecule has 0 amide bonds. The molecule has 0 fully saturated rings. The highest BCUT2D eigenvalue weighted by molar-refractivity contribution is 6.90. The van der Waals surface area contributed by atoms with Crippen molar-refractivity contribution in [3.8, 4) is 0 Å². The van der Waals surface area contributed by atoms with Crippen LogP contribution in [0.3, 0.4) is 0 Å². The van der Waals surface area contributed by atoms with E-state index >= 15 is 0 Å². The van der Waals surface area contributed by atoms with E-state index in [4.69, 9.17) is 9.31 Å². The van der Waals surface area contributed by atoms with Crippen LogP contribution in [-0.2, 0) is 9.31 Å². The van der Waals surface area contributed by atoms with Crippen LogP contribution in [0.5, 0.6) is 0 Å². The van der Waals surface area contributed by atoms with Gasteiger partial charge < -0.3 is 9.31 Å². The fraction of sp³-hybridized carbons (Fsp3) is 0.667. The SMILES string of the molecule is CCOB(OCC)C1([Si](C)(C)C)C=CC=C1. The minimum absolute atomic E-state index is 0.0149. The van der Waals surface area contributed by atoms with Gasteiger partial charge >= 0.3 is 7.12 Å². The lowest BCUT2D eigenvalue weighted by Crippen LogP contribution is -2.50. The molecule has 0 aromatic carbocycles. The fourth-order valence-electron chi connectivity index (χ4n) is 2.12. The van der Waals surface area contributed by atoms with E-state index in [9.17, 15) is 0 Å². The van der Waals surface area contributed by atoms with Crippen molar-refractivity contribution in [1.29, 1.82) is 0 Å². The quantitative estimate of drug-likeness (QED) is 0.661. The van der Waals surface area contributed by atoms with Gasteiger partial charge in [-0.3, -0.25) is 0 Å². The summed E-state index contributed by atoms with van der Waals surface area (Å²) in [6.07, 6.45) is 8.75. The minimum Gasteiger partial charge on any atom is -0.411 e. The van der Waals surface area contributed by atoms with E-state index in [2.05, 4.69) is 43.9 Å². The van der Waals surface area contributed by atoms with Crippen LogP contribution in [0.15, 0.2) is 24.3 Å². The molecule has 0 saturated heterocycles. The normalized spacial score (nSPS) is 18.1. The van der Waals surface area contributed by atoms with Gasteiger partial charge in [0, 0.05) is 18.2 Å². The second-order valence-electron chi connectivity index (χ2n) is 5.14. The van der Waals surface area contributed by atoms with E-state index in [0.29, 0.717) is 13.2 Å². The summed E-state index contributed by atoms with van der Waals surface area (Å²) in [5.41, 5.74) is 0. The summed E-state index contributed by atoms with van der Waals surface area (Å²) in [4.78, 5) is -0.0149. The maximum Gasteiger partial charge on any atom is 0.468 e. The zero-order valence-corrected chi connectivity index (χ0v) is 12.1. The molecular formula is C12H23BO2Si. The summed E-state index contributed by atoms with van der Waals surface area (Å²) in [5.74, 6) is 0. The topological polar surface area (TPSA) is 18.5 Å². The number of rotatable bonds is 6. The van der Waals surface area contributed by atoms with Gasteiger partial charge in [-0.05, 0) is 13.8 Å². The first-order chi connectivity index (χ1) is 7.48. The van der Waals surface area contributed by atoms with Gasteiger partial charge in [0.15, 0.2) is 0 Å². The van der Waals surface area contributed by atoms with Crippen molar-refractivity contribution in [2.75, 3.05) is 13.2 Å². The van der Waals surface area contributed by atoms with Gasteiger partial charge in [0.2, 0.25) is 0 Å². The summed E-state index contributed by atoms with van der Waals surface area (Å²) in [7, 11) is -1.57. The molecule has 0 heterocycles. The predicted octanol–water partition coefficient (Wildman–Crippen LogP) is 3.29. The average molecular weight is 238 g/mol. The van der Waals surface area contributed by atoms with Crippen LogP contribution in [0.4, 0.5) is 0 Å². The fourth-order valence-corrected chi connectivity index (χ4v) is 4.19. The van der Waals surface area contributed by atoms with Crippen molar-refractivity contribution < 1.29 is 9.31 Å². The lowest BCUT2D eigenvalue weighted by Gasteiger charge is -2.40. The lowest BCUT2D eigenvalue weighted by atomic mass is 9.71. The zero-order chi connectivity index (χ0) is 12.2. The number of hydrogen-bond donors (Lipinski definition) is 0. The van der Waals surface area contributed by atoms with Crippen LogP contribution in [-0.4, -0.2) is 28.4 Å². The van der Waals surface area contributed by atoms with Crippen molar-refractivity contribution in [3.63, 3.8) is 0 Å². The first-order valence-corrected chi connectivity index (χ1v) is 9.58. The van der Waals surface area contributed by atoms with Crippen molar-refractivity contribution in [1.82, 2.24) is 0 Å². The molecule has 0 aliphatic heterocycles. The van der Waals surface area contributed by atoms with Crippen LogP contribution >= 0.6 is 0 Å². The van der Waals surface area contributed by atoms with Gasteiger partial charge in [0.05, 0.1) is 8.07 Å². The van der Waals surface area contributed by atoms with Gasteiger partial charge in [0.25, 0.3) is 0 Å². The molecule has 1 rings (SSSR count). The van der Waals surface area contributed by atoms with Crippen LogP contribution in [0.2, 0.25) is 24.6 Å². The maximum atomic E-state index is 5.81. The molecule has 0 N–H and O–H groups in total. The Labute approximate surface area is 101 Å².